The minimum atomic E-state index is -1.02. The Balaban J connectivity index is 0.00000281. The number of rotatable bonds is 12. The lowest BCUT2D eigenvalue weighted by Gasteiger charge is -2.32. The molecule has 2 aliphatic rings. The van der Waals surface area contributed by atoms with Gasteiger partial charge < -0.3 is 26.8 Å². The molecule has 2 rings (SSSR count). The highest BCUT2D eigenvalue weighted by Crippen LogP contribution is 2.31. The maximum atomic E-state index is 12.9. The maximum Gasteiger partial charge on any atom is 0.312 e. The number of nitrogens with two attached hydrogens (primary N) is 2. The summed E-state index contributed by atoms with van der Waals surface area (Å²) in [6.45, 7) is 11.1. The fourth-order valence-corrected chi connectivity index (χ4v) is 4.14. The summed E-state index contributed by atoms with van der Waals surface area (Å²) in [5.74, 6) is -1.51. The van der Waals surface area contributed by atoms with Gasteiger partial charge in [0, 0.05) is 6.54 Å². The highest BCUT2D eigenvalue weighted by atomic mass is 16.5. The van der Waals surface area contributed by atoms with Gasteiger partial charge in [0.15, 0.2) is 0 Å². The number of nitrogens with zero attached hydrogens (tertiary/aromatic N) is 1. The van der Waals surface area contributed by atoms with Crippen LogP contribution in [0.4, 0.5) is 4.79 Å². The van der Waals surface area contributed by atoms with E-state index < -0.39 is 29.8 Å². The first-order chi connectivity index (χ1) is 16.0. The first-order valence-electron chi connectivity index (χ1n) is 12.5. The van der Waals surface area contributed by atoms with Gasteiger partial charge in [-0.25, -0.2) is 4.79 Å². The van der Waals surface area contributed by atoms with E-state index in [4.69, 9.17) is 16.2 Å². The molecule has 0 aromatic carbocycles. The fraction of sp³-hybridized carbons (Fsp3) is 0.833. The number of ketones is 1. The van der Waals surface area contributed by atoms with Crippen molar-refractivity contribution in [3.05, 3.63) is 0 Å². The molecule has 0 radical (unpaired) electrons. The molecule has 196 valence electrons. The number of hydrogen-bond donors (Lipinski definition) is 4. The first kappa shape index (κ1) is 29.8. The molecule has 1 aliphatic heterocycles. The van der Waals surface area contributed by atoms with Gasteiger partial charge in [-0.3, -0.25) is 19.3 Å². The second-order valence-corrected chi connectivity index (χ2v) is 10.1. The van der Waals surface area contributed by atoms with Gasteiger partial charge in [0.2, 0.25) is 11.7 Å². The summed E-state index contributed by atoms with van der Waals surface area (Å²) >= 11 is 0. The molecule has 34 heavy (non-hydrogen) atoms. The number of carbonyl (C=O) groups is 4. The van der Waals surface area contributed by atoms with Crippen LogP contribution in [0.2, 0.25) is 0 Å². The zero-order valence-corrected chi connectivity index (χ0v) is 21.5. The third-order valence-electron chi connectivity index (χ3n) is 6.53. The molecule has 1 aliphatic carbocycles. The highest BCUT2D eigenvalue weighted by molar-refractivity contribution is 6.37. The van der Waals surface area contributed by atoms with Gasteiger partial charge in [-0.05, 0) is 37.0 Å². The van der Waals surface area contributed by atoms with Gasteiger partial charge >= 0.3 is 6.03 Å². The number of Topliss-reactive ketones (excluding diaryl/α,β-unsaturated/α-hetero) is 1. The average molecular weight is 484 g/mol. The van der Waals surface area contributed by atoms with Gasteiger partial charge in [-0.2, -0.15) is 0 Å². The van der Waals surface area contributed by atoms with Gasteiger partial charge in [0.25, 0.3) is 5.91 Å². The van der Waals surface area contributed by atoms with Gasteiger partial charge in [0.05, 0.1) is 31.5 Å². The van der Waals surface area contributed by atoms with Crippen molar-refractivity contribution in [2.75, 3.05) is 19.9 Å². The second-order valence-electron chi connectivity index (χ2n) is 10.1. The Morgan fingerprint density at radius 1 is 1.03 bits per heavy atom. The molecular formula is C24H45N5O5. The fourth-order valence-electron chi connectivity index (χ4n) is 4.14. The number of likely N-dealkylation sites (tertiary alicyclic amines) is 1. The number of urea groups is 1. The minimum absolute atomic E-state index is 0.210. The predicted octanol–water partition coefficient (Wildman–Crippen LogP) is 1.65. The Morgan fingerprint density at radius 3 is 2.18 bits per heavy atom. The van der Waals surface area contributed by atoms with Crippen molar-refractivity contribution >= 4 is 23.6 Å². The van der Waals surface area contributed by atoms with Crippen LogP contribution in [0.15, 0.2) is 0 Å². The smallest absolute Gasteiger partial charge is 0.312 e. The third kappa shape index (κ3) is 9.58. The lowest BCUT2D eigenvalue weighted by molar-refractivity contribution is -0.139. The van der Waals surface area contributed by atoms with E-state index in [1.54, 1.807) is 0 Å². The van der Waals surface area contributed by atoms with Crippen molar-refractivity contribution in [3.63, 3.8) is 0 Å². The Morgan fingerprint density at radius 2 is 1.68 bits per heavy atom. The number of amides is 4. The summed E-state index contributed by atoms with van der Waals surface area (Å²) < 4.78 is 5.81. The van der Waals surface area contributed by atoms with Crippen molar-refractivity contribution in [2.45, 2.75) is 97.7 Å². The van der Waals surface area contributed by atoms with E-state index in [-0.39, 0.29) is 30.7 Å². The Kier molecular flexibility index (Phi) is 12.5. The Hall–Kier alpha value is -2.20. The van der Waals surface area contributed by atoms with Crippen LogP contribution in [0.25, 0.3) is 0 Å². The largest absolute Gasteiger partial charge is 0.364 e. The summed E-state index contributed by atoms with van der Waals surface area (Å²) in [6.07, 6.45) is 6.11. The molecule has 0 aromatic rings. The summed E-state index contributed by atoms with van der Waals surface area (Å²) in [7, 11) is 0. The molecule has 10 heteroatoms. The lowest BCUT2D eigenvalue weighted by atomic mass is 9.81. The van der Waals surface area contributed by atoms with Crippen molar-refractivity contribution in [1.82, 2.24) is 15.5 Å². The number of ether oxygens (including phenoxy) is 1. The molecular weight excluding hydrogens is 438 g/mol. The molecule has 1 unspecified atom stereocenters. The number of hydrogen-bond acceptors (Lipinski definition) is 6. The maximum absolute atomic E-state index is 12.9. The van der Waals surface area contributed by atoms with Crippen LogP contribution < -0.4 is 22.1 Å². The summed E-state index contributed by atoms with van der Waals surface area (Å²) in [4.78, 5) is 49.8. The number of carbonyl (C=O) groups excluding carboxylic acids is 4. The number of primary amides is 2. The third-order valence-corrected chi connectivity index (χ3v) is 6.53. The topological polar surface area (TPSA) is 157 Å². The molecule has 3 atom stereocenters. The van der Waals surface area contributed by atoms with Crippen molar-refractivity contribution in [2.24, 2.45) is 22.8 Å². The monoisotopic (exact) mass is 483 g/mol. The van der Waals surface area contributed by atoms with E-state index in [1.807, 2.05) is 39.5 Å². The minimum Gasteiger partial charge on any atom is -0.364 e. The van der Waals surface area contributed by atoms with E-state index in [0.29, 0.717) is 25.3 Å². The van der Waals surface area contributed by atoms with Crippen LogP contribution in [0.5, 0.6) is 0 Å². The molecule has 6 N–H and O–H groups in total. The van der Waals surface area contributed by atoms with Crippen molar-refractivity contribution in [1.29, 1.82) is 0 Å². The quantitative estimate of drug-likeness (QED) is 0.309. The summed E-state index contributed by atoms with van der Waals surface area (Å²) in [5, 5.41) is 5.46. The van der Waals surface area contributed by atoms with E-state index in [1.165, 1.54) is 6.42 Å². The zero-order chi connectivity index (χ0) is 25.9. The molecule has 0 aromatic heterocycles. The normalized spacial score (nSPS) is 20.3. The van der Waals surface area contributed by atoms with E-state index in [2.05, 4.69) is 10.6 Å². The van der Waals surface area contributed by atoms with Gasteiger partial charge in [0.1, 0.15) is 0 Å². The molecule has 1 saturated heterocycles. The SMILES string of the molecule is CC.CC(C)(C)[C@@H](COCN1CCC[C@H]1C(=O)NC(CCC1CCC1)C(=O)C(N)=O)NC(N)=O. The van der Waals surface area contributed by atoms with Crippen LogP contribution in [0.1, 0.15) is 79.6 Å². The van der Waals surface area contributed by atoms with Crippen LogP contribution in [0, 0.1) is 11.3 Å². The molecule has 1 saturated carbocycles. The second kappa shape index (κ2) is 14.3. The highest BCUT2D eigenvalue weighted by Gasteiger charge is 2.35. The van der Waals surface area contributed by atoms with E-state index in [0.717, 1.165) is 25.7 Å². The van der Waals surface area contributed by atoms with Gasteiger partial charge in [-0.15, -0.1) is 0 Å². The molecule has 0 bridgehead atoms. The van der Waals surface area contributed by atoms with E-state index >= 15 is 0 Å². The van der Waals surface area contributed by atoms with Crippen LogP contribution in [-0.2, 0) is 19.1 Å². The standard InChI is InChI=1S/C22H39N5O5.C2H6/c1-22(2,3)17(26-21(24)31)12-32-13-27-11-5-8-16(27)20(30)25-15(18(28)19(23)29)10-9-14-6-4-7-14;1-2/h14-17H,4-13H2,1-3H3,(H2,23,29)(H,25,30)(H3,24,26,31);1-2H3/t15?,16-,17+;/m0./s1. The molecule has 2 fully saturated rings. The Bertz CT molecular complexity index is 690. The van der Waals surface area contributed by atoms with Gasteiger partial charge in [-0.1, -0.05) is 53.9 Å². The molecule has 1 heterocycles. The van der Waals surface area contributed by atoms with Crippen molar-refractivity contribution < 1.29 is 23.9 Å². The van der Waals surface area contributed by atoms with Crippen molar-refractivity contribution in [3.8, 4) is 0 Å². The van der Waals surface area contributed by atoms with Crippen LogP contribution >= 0.6 is 0 Å². The van der Waals surface area contributed by atoms with E-state index in [9.17, 15) is 19.2 Å². The Labute approximate surface area is 203 Å². The lowest BCUT2D eigenvalue weighted by Crippen LogP contribution is -2.52. The summed E-state index contributed by atoms with van der Waals surface area (Å²) in [6, 6.07) is -2.22. The zero-order valence-electron chi connectivity index (χ0n) is 21.5. The van der Waals surface area contributed by atoms with Crippen LogP contribution in [-0.4, -0.2) is 66.5 Å². The van der Waals surface area contributed by atoms with Crippen LogP contribution in [0.3, 0.4) is 0 Å². The number of nitrogens with one attached hydrogen (secondary N) is 2. The summed E-state index contributed by atoms with van der Waals surface area (Å²) in [5.41, 5.74) is 10.2. The molecule has 10 nitrogen and oxygen atoms in total. The predicted molar refractivity (Wildman–Crippen MR) is 131 cm³/mol. The first-order valence-corrected chi connectivity index (χ1v) is 12.5. The molecule has 4 amide bonds. The molecule has 0 spiro atoms. The average Bonchev–Trinajstić information content (AvgIpc) is 3.19.